The number of ether oxygens (including phenoxy) is 3. The lowest BCUT2D eigenvalue weighted by Gasteiger charge is -2.23. The molecule has 3 aromatic rings. The highest BCUT2D eigenvalue weighted by Crippen LogP contribution is 2.44. The van der Waals surface area contributed by atoms with Crippen LogP contribution < -0.4 is 14.4 Å². The van der Waals surface area contributed by atoms with Crippen LogP contribution in [-0.2, 0) is 14.3 Å². The highest BCUT2D eigenvalue weighted by molar-refractivity contribution is 7.17. The van der Waals surface area contributed by atoms with Gasteiger partial charge in [0, 0.05) is 5.56 Å². The first-order valence-corrected chi connectivity index (χ1v) is 12.3. The van der Waals surface area contributed by atoms with Crippen molar-refractivity contribution in [2.75, 3.05) is 25.7 Å². The minimum Gasteiger partial charge on any atom is -0.507 e. The smallest absolute Gasteiger partial charge is 0.350 e. The molecule has 1 saturated heterocycles. The summed E-state index contributed by atoms with van der Waals surface area (Å²) in [7, 11) is 3.07. The molecule has 0 spiro atoms. The number of esters is 1. The van der Waals surface area contributed by atoms with Crippen molar-refractivity contribution in [3.05, 3.63) is 75.3 Å². The number of nitrogens with zero attached hydrogens (tertiary/aromatic N) is 2. The number of methoxy groups -OCH3 is 2. The lowest BCUT2D eigenvalue weighted by molar-refractivity contribution is -0.132. The number of aromatic nitrogens is 1. The van der Waals surface area contributed by atoms with Gasteiger partial charge in [0.25, 0.3) is 5.78 Å². The zero-order valence-corrected chi connectivity index (χ0v) is 21.8. The number of hydrogen-bond donors (Lipinski definition) is 1. The van der Waals surface area contributed by atoms with Gasteiger partial charge in [0.15, 0.2) is 5.13 Å². The zero-order chi connectivity index (χ0) is 26.9. The zero-order valence-electron chi connectivity index (χ0n) is 21.0. The van der Waals surface area contributed by atoms with E-state index < -0.39 is 23.7 Å². The number of carbonyl (C=O) groups excluding carboxylic acids is 3. The number of amides is 1. The van der Waals surface area contributed by atoms with Crippen LogP contribution in [0.4, 0.5) is 5.13 Å². The summed E-state index contributed by atoms with van der Waals surface area (Å²) >= 11 is 0.955. The Morgan fingerprint density at radius 2 is 1.78 bits per heavy atom. The fraction of sp³-hybridized carbons (Fsp3) is 0.259. The summed E-state index contributed by atoms with van der Waals surface area (Å²) in [4.78, 5) is 45.0. The largest absolute Gasteiger partial charge is 0.507 e. The maximum absolute atomic E-state index is 13.4. The summed E-state index contributed by atoms with van der Waals surface area (Å²) in [6.45, 7) is 5.32. The number of anilines is 1. The van der Waals surface area contributed by atoms with Crippen molar-refractivity contribution in [1.29, 1.82) is 0 Å². The average molecular weight is 523 g/mol. The number of carbonyl (C=O) groups is 3. The summed E-state index contributed by atoms with van der Waals surface area (Å²) in [5.74, 6) is -1.41. The second kappa shape index (κ2) is 10.4. The monoisotopic (exact) mass is 522 g/mol. The van der Waals surface area contributed by atoms with E-state index in [2.05, 4.69) is 4.98 Å². The first-order valence-electron chi connectivity index (χ1n) is 11.5. The van der Waals surface area contributed by atoms with E-state index in [1.165, 1.54) is 19.1 Å². The Labute approximate surface area is 217 Å². The molecule has 1 atom stereocenters. The normalized spacial score (nSPS) is 16.7. The van der Waals surface area contributed by atoms with E-state index in [0.29, 0.717) is 28.3 Å². The number of ketones is 1. The molecule has 1 aliphatic rings. The summed E-state index contributed by atoms with van der Waals surface area (Å²) in [5.41, 5.74) is 1.94. The first kappa shape index (κ1) is 25.9. The van der Waals surface area contributed by atoms with Crippen LogP contribution in [-0.4, -0.2) is 48.6 Å². The fourth-order valence-electron chi connectivity index (χ4n) is 4.18. The highest BCUT2D eigenvalue weighted by Gasteiger charge is 2.48. The number of aliphatic hydroxyl groups excluding tert-OH is 1. The lowest BCUT2D eigenvalue weighted by Crippen LogP contribution is -2.29. The van der Waals surface area contributed by atoms with Crippen LogP contribution in [0.1, 0.15) is 45.0 Å². The summed E-state index contributed by atoms with van der Waals surface area (Å²) in [6.07, 6.45) is 0. The molecular weight excluding hydrogens is 496 g/mol. The van der Waals surface area contributed by atoms with E-state index in [9.17, 15) is 19.5 Å². The molecule has 1 N–H and O–H groups in total. The van der Waals surface area contributed by atoms with Crippen molar-refractivity contribution >= 4 is 39.9 Å². The summed E-state index contributed by atoms with van der Waals surface area (Å²) in [5, 5.41) is 11.5. The Kier molecular flexibility index (Phi) is 7.30. The molecule has 1 amide bonds. The molecular formula is C27H26N2O7S. The van der Waals surface area contributed by atoms with Crippen molar-refractivity contribution in [2.24, 2.45) is 0 Å². The summed E-state index contributed by atoms with van der Waals surface area (Å²) < 4.78 is 15.7. The topological polar surface area (TPSA) is 115 Å². The number of thiazole rings is 1. The van der Waals surface area contributed by atoms with Crippen LogP contribution in [0.2, 0.25) is 0 Å². The molecule has 0 saturated carbocycles. The number of benzene rings is 2. The van der Waals surface area contributed by atoms with Gasteiger partial charge in [-0.3, -0.25) is 14.5 Å². The molecule has 1 fully saturated rings. The predicted molar refractivity (Wildman–Crippen MR) is 138 cm³/mol. The fourth-order valence-corrected chi connectivity index (χ4v) is 5.17. The van der Waals surface area contributed by atoms with Crippen LogP contribution in [0.3, 0.4) is 0 Å². The van der Waals surface area contributed by atoms with Gasteiger partial charge in [-0.2, -0.15) is 0 Å². The Balaban J connectivity index is 1.91. The molecule has 9 nitrogen and oxygen atoms in total. The van der Waals surface area contributed by atoms with Crippen molar-refractivity contribution in [1.82, 2.24) is 4.98 Å². The number of hydrogen-bond acceptors (Lipinski definition) is 9. The number of rotatable bonds is 7. The Bertz CT molecular complexity index is 1410. The molecule has 1 aliphatic heterocycles. The van der Waals surface area contributed by atoms with Gasteiger partial charge in [-0.1, -0.05) is 23.5 Å². The van der Waals surface area contributed by atoms with Gasteiger partial charge >= 0.3 is 11.9 Å². The lowest BCUT2D eigenvalue weighted by atomic mass is 9.95. The van der Waals surface area contributed by atoms with E-state index in [4.69, 9.17) is 14.2 Å². The van der Waals surface area contributed by atoms with Crippen molar-refractivity contribution < 1.29 is 33.7 Å². The van der Waals surface area contributed by atoms with E-state index >= 15 is 0 Å². The number of aryl methyl sites for hydroxylation is 2. The molecule has 1 aromatic heterocycles. The maximum atomic E-state index is 13.4. The Hall–Kier alpha value is -4.18. The van der Waals surface area contributed by atoms with E-state index in [0.717, 1.165) is 16.9 Å². The first-order chi connectivity index (χ1) is 17.7. The molecule has 10 heteroatoms. The number of Topliss-reactive ketones (excluding diaryl/α,β-unsaturated/α-hetero) is 1. The van der Waals surface area contributed by atoms with Crippen LogP contribution in [0.15, 0.2) is 48.0 Å². The average Bonchev–Trinajstić information content (AvgIpc) is 3.40. The second-order valence-corrected chi connectivity index (χ2v) is 9.24. The minimum absolute atomic E-state index is 0.0923. The second-order valence-electron chi connectivity index (χ2n) is 8.26. The molecule has 0 aliphatic carbocycles. The van der Waals surface area contributed by atoms with Gasteiger partial charge in [-0.15, -0.1) is 0 Å². The molecule has 0 bridgehead atoms. The third kappa shape index (κ3) is 4.67. The third-order valence-electron chi connectivity index (χ3n) is 6.00. The Morgan fingerprint density at radius 1 is 1.08 bits per heavy atom. The van der Waals surface area contributed by atoms with Crippen molar-refractivity contribution in [3.63, 3.8) is 0 Å². The SMILES string of the molecule is CCOC(=O)c1sc(N2C(=O)C(=O)/C(=C(/O)c3ccc(OC)c(C)c3)[C@@H]2c2ccc(OC)cc2)nc1C. The van der Waals surface area contributed by atoms with Gasteiger partial charge in [0.2, 0.25) is 0 Å². The van der Waals surface area contributed by atoms with Crippen LogP contribution >= 0.6 is 11.3 Å². The quantitative estimate of drug-likeness (QED) is 0.208. The molecule has 0 unspecified atom stereocenters. The Morgan fingerprint density at radius 3 is 2.38 bits per heavy atom. The van der Waals surface area contributed by atoms with Crippen LogP contribution in [0, 0.1) is 13.8 Å². The van der Waals surface area contributed by atoms with E-state index in [1.54, 1.807) is 56.3 Å². The van der Waals surface area contributed by atoms with Gasteiger partial charge in [0.1, 0.15) is 22.1 Å². The molecule has 192 valence electrons. The third-order valence-corrected chi connectivity index (χ3v) is 7.13. The molecule has 2 heterocycles. The van der Waals surface area contributed by atoms with Gasteiger partial charge in [-0.05, 0) is 62.2 Å². The van der Waals surface area contributed by atoms with Crippen molar-refractivity contribution in [2.45, 2.75) is 26.8 Å². The molecule has 0 radical (unpaired) electrons. The van der Waals surface area contributed by atoms with Gasteiger partial charge in [-0.25, -0.2) is 9.78 Å². The van der Waals surface area contributed by atoms with E-state index in [1.807, 2.05) is 6.92 Å². The molecule has 37 heavy (non-hydrogen) atoms. The highest BCUT2D eigenvalue weighted by atomic mass is 32.1. The van der Waals surface area contributed by atoms with Crippen LogP contribution in [0.5, 0.6) is 11.5 Å². The minimum atomic E-state index is -0.992. The predicted octanol–water partition coefficient (Wildman–Crippen LogP) is 4.58. The number of aliphatic hydroxyl groups is 1. The summed E-state index contributed by atoms with van der Waals surface area (Å²) in [6, 6.07) is 10.8. The maximum Gasteiger partial charge on any atom is 0.350 e. The van der Waals surface area contributed by atoms with Gasteiger partial charge in [0.05, 0.1) is 38.1 Å². The molecule has 2 aromatic carbocycles. The standard InChI is InChI=1S/C27H26N2O7S/c1-6-36-26(33)24-15(3)28-27(37-24)29-21(16-7-10-18(34-4)11-8-16)20(23(31)25(29)32)22(30)17-9-12-19(35-5)14(2)13-17/h7-13,21,30H,6H2,1-5H3/b22-20+/t21-/m0/s1. The van der Waals surface area contributed by atoms with E-state index in [-0.39, 0.29) is 27.9 Å². The van der Waals surface area contributed by atoms with Crippen molar-refractivity contribution in [3.8, 4) is 11.5 Å². The van der Waals surface area contributed by atoms with Crippen LogP contribution in [0.25, 0.3) is 5.76 Å². The van der Waals surface area contributed by atoms with Gasteiger partial charge < -0.3 is 19.3 Å². The molecule has 4 rings (SSSR count).